The molecule has 0 fully saturated rings. The molecule has 1 aliphatic heterocycles. The lowest BCUT2D eigenvalue weighted by Crippen LogP contribution is -2.23. The summed E-state index contributed by atoms with van der Waals surface area (Å²) in [5.74, 6) is -1.06. The van der Waals surface area contributed by atoms with Gasteiger partial charge in [0.2, 0.25) is 12.6 Å². The molecule has 2 atom stereocenters. The molecule has 84 valence electrons. The van der Waals surface area contributed by atoms with E-state index in [1.807, 2.05) is 0 Å². The van der Waals surface area contributed by atoms with Crippen LogP contribution in [0.2, 0.25) is 0 Å². The molecular formula is C9H12O6. The molecule has 0 spiro atoms. The van der Waals surface area contributed by atoms with Gasteiger partial charge in [-0.3, -0.25) is 14.3 Å². The van der Waals surface area contributed by atoms with Crippen LogP contribution in [0.4, 0.5) is 0 Å². The quantitative estimate of drug-likeness (QED) is 0.515. The fraction of sp³-hybridized carbons (Fsp3) is 0.556. The summed E-state index contributed by atoms with van der Waals surface area (Å²) >= 11 is 0. The monoisotopic (exact) mass is 216 g/mol. The molecule has 6 nitrogen and oxygen atoms in total. The van der Waals surface area contributed by atoms with E-state index in [1.54, 1.807) is 0 Å². The summed E-state index contributed by atoms with van der Waals surface area (Å²) in [4.78, 5) is 21.3. The molecule has 0 radical (unpaired) electrons. The van der Waals surface area contributed by atoms with Crippen molar-refractivity contribution in [2.75, 3.05) is 6.61 Å². The second kappa shape index (κ2) is 4.90. The number of carbonyl (C=O) groups is 2. The zero-order valence-electron chi connectivity index (χ0n) is 8.43. The van der Waals surface area contributed by atoms with E-state index in [1.165, 1.54) is 19.9 Å². The molecule has 15 heavy (non-hydrogen) atoms. The van der Waals surface area contributed by atoms with Crippen molar-refractivity contribution in [2.45, 2.75) is 26.4 Å². The molecule has 1 heterocycles. The molecule has 0 bridgehead atoms. The molecule has 0 saturated carbocycles. The van der Waals surface area contributed by atoms with Crippen LogP contribution in [0.3, 0.4) is 0 Å². The number of aliphatic hydroxyl groups is 1. The van der Waals surface area contributed by atoms with E-state index < -0.39 is 24.5 Å². The minimum Gasteiger partial charge on any atom is -0.432 e. The highest BCUT2D eigenvalue weighted by molar-refractivity contribution is 5.67. The summed E-state index contributed by atoms with van der Waals surface area (Å²) in [5, 5.41) is 8.92. The fourth-order valence-electron chi connectivity index (χ4n) is 1.11. The average molecular weight is 216 g/mol. The molecule has 6 heteroatoms. The zero-order valence-corrected chi connectivity index (χ0v) is 8.43. The average Bonchev–Trinajstić information content (AvgIpc) is 2.45. The van der Waals surface area contributed by atoms with Gasteiger partial charge in [0.1, 0.15) is 0 Å². The summed E-state index contributed by atoms with van der Waals surface area (Å²) in [7, 11) is 0. The first kappa shape index (κ1) is 11.7. The molecule has 2 unspecified atom stereocenters. The lowest BCUT2D eigenvalue weighted by Gasteiger charge is -2.15. The Morgan fingerprint density at radius 1 is 1.40 bits per heavy atom. The first-order valence-corrected chi connectivity index (χ1v) is 4.34. The molecule has 0 aromatic rings. The summed E-state index contributed by atoms with van der Waals surface area (Å²) in [6.45, 7) is 2.13. The predicted octanol–water partition coefficient (Wildman–Crippen LogP) is -0.286. The number of carbonyl (C=O) groups excluding carboxylic acids is 2. The van der Waals surface area contributed by atoms with Gasteiger partial charge in [0.15, 0.2) is 0 Å². The van der Waals surface area contributed by atoms with Gasteiger partial charge in [0.25, 0.3) is 0 Å². The zero-order chi connectivity index (χ0) is 11.4. The fourth-order valence-corrected chi connectivity index (χ4v) is 1.11. The lowest BCUT2D eigenvalue weighted by molar-refractivity contribution is -0.203. The van der Waals surface area contributed by atoms with Crippen molar-refractivity contribution >= 4 is 11.9 Å². The maximum Gasteiger partial charge on any atom is 0.305 e. The largest absolute Gasteiger partial charge is 0.432 e. The van der Waals surface area contributed by atoms with Crippen LogP contribution in [-0.2, 0) is 23.8 Å². The minimum absolute atomic E-state index is 0.324. The number of rotatable bonds is 3. The molecule has 1 N–H and O–H groups in total. The van der Waals surface area contributed by atoms with Crippen LogP contribution < -0.4 is 0 Å². The number of ether oxygens (including phenoxy) is 3. The van der Waals surface area contributed by atoms with Crippen molar-refractivity contribution in [2.24, 2.45) is 0 Å². The van der Waals surface area contributed by atoms with Crippen LogP contribution in [0.5, 0.6) is 0 Å². The molecule has 0 aromatic carbocycles. The van der Waals surface area contributed by atoms with Gasteiger partial charge in [-0.1, -0.05) is 0 Å². The van der Waals surface area contributed by atoms with Gasteiger partial charge in [0, 0.05) is 19.4 Å². The maximum absolute atomic E-state index is 10.7. The highest BCUT2D eigenvalue weighted by Gasteiger charge is 2.30. The Bertz CT molecular complexity index is 295. The smallest absolute Gasteiger partial charge is 0.305 e. The van der Waals surface area contributed by atoms with Crippen LogP contribution in [0.1, 0.15) is 13.8 Å². The third-order valence-corrected chi connectivity index (χ3v) is 1.65. The van der Waals surface area contributed by atoms with Crippen LogP contribution in [0.15, 0.2) is 11.6 Å². The summed E-state index contributed by atoms with van der Waals surface area (Å²) < 4.78 is 14.5. The molecule has 0 saturated heterocycles. The second-order valence-corrected chi connectivity index (χ2v) is 2.95. The van der Waals surface area contributed by atoms with Crippen LogP contribution in [0, 0.1) is 0 Å². The maximum atomic E-state index is 10.7. The Balaban J connectivity index is 2.60. The summed E-state index contributed by atoms with van der Waals surface area (Å²) in [6.07, 6.45) is -0.486. The Kier molecular flexibility index (Phi) is 3.81. The van der Waals surface area contributed by atoms with Crippen molar-refractivity contribution in [3.05, 3.63) is 11.6 Å². The van der Waals surface area contributed by atoms with E-state index >= 15 is 0 Å². The van der Waals surface area contributed by atoms with E-state index in [9.17, 15) is 9.59 Å². The van der Waals surface area contributed by atoms with Gasteiger partial charge in [-0.15, -0.1) is 0 Å². The molecule has 0 amide bonds. The van der Waals surface area contributed by atoms with E-state index in [2.05, 4.69) is 0 Å². The number of aliphatic hydroxyl groups excluding tert-OH is 1. The number of esters is 2. The molecule has 1 rings (SSSR count). The molecule has 0 aliphatic carbocycles. The van der Waals surface area contributed by atoms with Gasteiger partial charge in [-0.2, -0.15) is 0 Å². The Hall–Kier alpha value is -1.40. The van der Waals surface area contributed by atoms with Gasteiger partial charge in [-0.25, -0.2) is 0 Å². The SMILES string of the molecule is CC(=O)OC1C=C(CO)C(OC(C)=O)O1. The van der Waals surface area contributed by atoms with E-state index in [4.69, 9.17) is 19.3 Å². The lowest BCUT2D eigenvalue weighted by atomic mass is 10.3. The van der Waals surface area contributed by atoms with E-state index in [-0.39, 0.29) is 6.61 Å². The first-order valence-electron chi connectivity index (χ1n) is 4.34. The van der Waals surface area contributed by atoms with Crippen LogP contribution in [0.25, 0.3) is 0 Å². The normalized spacial score (nSPS) is 24.6. The van der Waals surface area contributed by atoms with Crippen molar-refractivity contribution in [3.8, 4) is 0 Å². The first-order chi connectivity index (χ1) is 7.02. The molecular weight excluding hydrogens is 204 g/mol. The van der Waals surface area contributed by atoms with Crippen molar-refractivity contribution in [1.29, 1.82) is 0 Å². The molecule has 0 aromatic heterocycles. The van der Waals surface area contributed by atoms with Gasteiger partial charge in [0.05, 0.1) is 6.61 Å². The topological polar surface area (TPSA) is 82.1 Å². The Labute approximate surface area is 86.4 Å². The highest BCUT2D eigenvalue weighted by atomic mass is 16.8. The van der Waals surface area contributed by atoms with Crippen LogP contribution >= 0.6 is 0 Å². The third-order valence-electron chi connectivity index (χ3n) is 1.65. The van der Waals surface area contributed by atoms with Crippen molar-refractivity contribution in [3.63, 3.8) is 0 Å². The number of hydrogen-bond donors (Lipinski definition) is 1. The second-order valence-electron chi connectivity index (χ2n) is 2.95. The van der Waals surface area contributed by atoms with Crippen molar-refractivity contribution < 1.29 is 28.9 Å². The van der Waals surface area contributed by atoms with E-state index in [0.29, 0.717) is 5.57 Å². The Morgan fingerprint density at radius 2 is 2.00 bits per heavy atom. The minimum atomic E-state index is -0.975. The summed E-state index contributed by atoms with van der Waals surface area (Å²) in [5.41, 5.74) is 0.358. The number of hydrogen-bond acceptors (Lipinski definition) is 6. The van der Waals surface area contributed by atoms with Crippen LogP contribution in [-0.4, -0.2) is 36.2 Å². The predicted molar refractivity (Wildman–Crippen MR) is 47.4 cm³/mol. The third kappa shape index (κ3) is 3.34. The standard InChI is InChI=1S/C9H12O6/c1-5(11)13-8-3-7(4-10)9(15-8)14-6(2)12/h3,8-10H,4H2,1-2H3. The van der Waals surface area contributed by atoms with E-state index in [0.717, 1.165) is 0 Å². The Morgan fingerprint density at radius 3 is 2.47 bits per heavy atom. The van der Waals surface area contributed by atoms with Gasteiger partial charge < -0.3 is 14.6 Å². The molecule has 1 aliphatic rings. The van der Waals surface area contributed by atoms with Gasteiger partial charge >= 0.3 is 11.9 Å². The highest BCUT2D eigenvalue weighted by Crippen LogP contribution is 2.21. The van der Waals surface area contributed by atoms with Gasteiger partial charge in [-0.05, 0) is 6.08 Å². The van der Waals surface area contributed by atoms with Crippen molar-refractivity contribution in [1.82, 2.24) is 0 Å². The summed E-state index contributed by atoms with van der Waals surface area (Å²) in [6, 6.07) is 0.